The lowest BCUT2D eigenvalue weighted by Gasteiger charge is -2.19. The number of fused-ring (bicyclic) bond motifs is 1. The predicted octanol–water partition coefficient (Wildman–Crippen LogP) is 5.05. The van der Waals surface area contributed by atoms with Crippen LogP contribution in [0.5, 0.6) is 0 Å². The lowest BCUT2D eigenvalue weighted by molar-refractivity contribution is 0.469. The lowest BCUT2D eigenvalue weighted by atomic mass is 10.0. The minimum Gasteiger partial charge on any atom is -0.303 e. The number of halogens is 1. The van der Waals surface area contributed by atoms with Gasteiger partial charge in [-0.2, -0.15) is 0 Å². The number of hydrogen-bond donors (Lipinski definition) is 1. The molecule has 0 amide bonds. The van der Waals surface area contributed by atoms with Crippen LogP contribution in [-0.2, 0) is 6.42 Å². The summed E-state index contributed by atoms with van der Waals surface area (Å²) in [6, 6.07) is 11.7. The van der Waals surface area contributed by atoms with Gasteiger partial charge in [-0.3, -0.25) is 0 Å². The van der Waals surface area contributed by atoms with E-state index < -0.39 is 0 Å². The van der Waals surface area contributed by atoms with E-state index in [-0.39, 0.29) is 0 Å². The maximum atomic E-state index is 6.01. The van der Waals surface area contributed by atoms with Crippen LogP contribution in [0.2, 0.25) is 4.34 Å². The third-order valence-corrected chi connectivity index (χ3v) is 5.26. The van der Waals surface area contributed by atoms with E-state index in [1.54, 1.807) is 11.3 Å². The van der Waals surface area contributed by atoms with Crippen LogP contribution in [0.15, 0.2) is 30.3 Å². The van der Waals surface area contributed by atoms with Crippen LogP contribution >= 0.6 is 22.9 Å². The standard InChI is InChI=1S/C16H18ClNS/c1-10-3-4-12-5-6-14(13(12)9-10)18-11(2)15-7-8-16(17)19-15/h3-4,7-9,11,14,18H,5-6H2,1-2H3. The Hall–Kier alpha value is -0.830. The fraction of sp³-hybridized carbons (Fsp3) is 0.375. The summed E-state index contributed by atoms with van der Waals surface area (Å²) in [5.41, 5.74) is 4.33. The van der Waals surface area contributed by atoms with Gasteiger partial charge in [-0.25, -0.2) is 0 Å². The smallest absolute Gasteiger partial charge is 0.0931 e. The molecule has 1 aliphatic rings. The summed E-state index contributed by atoms with van der Waals surface area (Å²) < 4.78 is 0.867. The highest BCUT2D eigenvalue weighted by Gasteiger charge is 2.24. The van der Waals surface area contributed by atoms with Gasteiger partial charge in [0, 0.05) is 17.0 Å². The van der Waals surface area contributed by atoms with E-state index in [1.165, 1.54) is 34.4 Å². The van der Waals surface area contributed by atoms with E-state index in [0.717, 1.165) is 4.34 Å². The van der Waals surface area contributed by atoms with E-state index in [4.69, 9.17) is 11.6 Å². The van der Waals surface area contributed by atoms with Crippen molar-refractivity contribution in [2.24, 2.45) is 0 Å². The molecule has 1 aromatic heterocycles. The van der Waals surface area contributed by atoms with E-state index in [9.17, 15) is 0 Å². The van der Waals surface area contributed by atoms with Gasteiger partial charge in [0.15, 0.2) is 0 Å². The minimum atomic E-state index is 0.356. The van der Waals surface area contributed by atoms with Gasteiger partial charge < -0.3 is 5.32 Å². The Labute approximate surface area is 123 Å². The first kappa shape index (κ1) is 13.2. The Morgan fingerprint density at radius 3 is 2.89 bits per heavy atom. The van der Waals surface area contributed by atoms with Gasteiger partial charge in [0.25, 0.3) is 0 Å². The van der Waals surface area contributed by atoms with Crippen molar-refractivity contribution in [2.75, 3.05) is 0 Å². The summed E-state index contributed by atoms with van der Waals surface area (Å²) in [7, 11) is 0. The minimum absolute atomic E-state index is 0.356. The van der Waals surface area contributed by atoms with Crippen LogP contribution in [0.4, 0.5) is 0 Å². The Kier molecular flexibility index (Phi) is 3.66. The molecule has 1 nitrogen and oxygen atoms in total. The first-order chi connectivity index (χ1) is 9.13. The first-order valence-electron chi connectivity index (χ1n) is 6.74. The average molecular weight is 292 g/mol. The molecule has 2 unspecified atom stereocenters. The molecule has 0 fully saturated rings. The molecule has 100 valence electrons. The zero-order chi connectivity index (χ0) is 13.4. The Morgan fingerprint density at radius 1 is 1.32 bits per heavy atom. The molecular formula is C16H18ClNS. The lowest BCUT2D eigenvalue weighted by Crippen LogP contribution is -2.22. The molecule has 0 radical (unpaired) electrons. The van der Waals surface area contributed by atoms with E-state index >= 15 is 0 Å². The summed E-state index contributed by atoms with van der Waals surface area (Å²) in [4.78, 5) is 1.31. The number of benzene rings is 1. The van der Waals surface area contributed by atoms with Gasteiger partial charge in [-0.1, -0.05) is 35.4 Å². The summed E-state index contributed by atoms with van der Waals surface area (Å²) in [6.45, 7) is 4.38. The number of hydrogen-bond acceptors (Lipinski definition) is 2. The molecule has 0 bridgehead atoms. The second-order valence-corrected chi connectivity index (χ2v) is 7.07. The maximum absolute atomic E-state index is 6.01. The van der Waals surface area contributed by atoms with Crippen LogP contribution < -0.4 is 5.32 Å². The molecule has 2 aromatic rings. The van der Waals surface area contributed by atoms with Crippen molar-refractivity contribution >= 4 is 22.9 Å². The van der Waals surface area contributed by atoms with Crippen LogP contribution in [0.25, 0.3) is 0 Å². The van der Waals surface area contributed by atoms with Gasteiger partial charge in [0.2, 0.25) is 0 Å². The fourth-order valence-corrected chi connectivity index (χ4v) is 3.91. The summed E-state index contributed by atoms with van der Waals surface area (Å²) >= 11 is 7.68. The molecule has 3 rings (SSSR count). The molecule has 1 heterocycles. The van der Waals surface area contributed by atoms with Crippen LogP contribution in [-0.4, -0.2) is 0 Å². The van der Waals surface area contributed by atoms with Gasteiger partial charge >= 0.3 is 0 Å². The van der Waals surface area contributed by atoms with Crippen LogP contribution in [0.3, 0.4) is 0 Å². The van der Waals surface area contributed by atoms with E-state index in [0.29, 0.717) is 12.1 Å². The van der Waals surface area contributed by atoms with Crippen molar-refractivity contribution in [3.63, 3.8) is 0 Å². The van der Waals surface area contributed by atoms with Gasteiger partial charge in [0.1, 0.15) is 0 Å². The molecule has 0 saturated carbocycles. The normalized spacial score (nSPS) is 19.4. The monoisotopic (exact) mass is 291 g/mol. The topological polar surface area (TPSA) is 12.0 Å². The molecule has 1 aromatic carbocycles. The fourth-order valence-electron chi connectivity index (χ4n) is 2.84. The predicted molar refractivity (Wildman–Crippen MR) is 83.1 cm³/mol. The molecule has 1 aliphatic carbocycles. The van der Waals surface area contributed by atoms with E-state index in [2.05, 4.69) is 43.4 Å². The molecule has 0 aliphatic heterocycles. The summed E-state index contributed by atoms with van der Waals surface area (Å²) in [6.07, 6.45) is 2.38. The number of aryl methyl sites for hydroxylation is 2. The van der Waals surface area contributed by atoms with Crippen LogP contribution in [0, 0.1) is 6.92 Å². The summed E-state index contributed by atoms with van der Waals surface area (Å²) in [5.74, 6) is 0. The molecular weight excluding hydrogens is 274 g/mol. The molecule has 2 atom stereocenters. The highest BCUT2D eigenvalue weighted by Crippen LogP contribution is 2.35. The van der Waals surface area contributed by atoms with Crippen molar-refractivity contribution in [1.82, 2.24) is 5.32 Å². The quantitative estimate of drug-likeness (QED) is 0.834. The van der Waals surface area contributed by atoms with Crippen LogP contribution in [0.1, 0.15) is 47.0 Å². The molecule has 3 heteroatoms. The Morgan fingerprint density at radius 2 is 2.16 bits per heavy atom. The van der Waals surface area contributed by atoms with Crippen molar-refractivity contribution in [3.05, 3.63) is 56.2 Å². The van der Waals surface area contributed by atoms with Crippen molar-refractivity contribution < 1.29 is 0 Å². The molecule has 1 N–H and O–H groups in total. The maximum Gasteiger partial charge on any atom is 0.0931 e. The van der Waals surface area contributed by atoms with E-state index in [1.807, 2.05) is 6.07 Å². The second-order valence-electron chi connectivity index (χ2n) is 5.32. The molecule has 0 spiro atoms. The van der Waals surface area contributed by atoms with Gasteiger partial charge in [-0.15, -0.1) is 11.3 Å². The van der Waals surface area contributed by atoms with Crippen molar-refractivity contribution in [1.29, 1.82) is 0 Å². The third kappa shape index (κ3) is 2.71. The largest absolute Gasteiger partial charge is 0.303 e. The zero-order valence-electron chi connectivity index (χ0n) is 11.2. The number of nitrogens with one attached hydrogen (secondary N) is 1. The van der Waals surface area contributed by atoms with Crippen molar-refractivity contribution in [3.8, 4) is 0 Å². The molecule has 19 heavy (non-hydrogen) atoms. The SMILES string of the molecule is Cc1ccc2c(c1)C(NC(C)c1ccc(Cl)s1)CC2. The Bertz CT molecular complexity index is 590. The number of rotatable bonds is 3. The van der Waals surface area contributed by atoms with Gasteiger partial charge in [-0.05, 0) is 49.9 Å². The number of thiophene rings is 1. The average Bonchev–Trinajstić information content (AvgIpc) is 2.97. The highest BCUT2D eigenvalue weighted by molar-refractivity contribution is 7.16. The van der Waals surface area contributed by atoms with Gasteiger partial charge in [0.05, 0.1) is 4.34 Å². The third-order valence-electron chi connectivity index (χ3n) is 3.85. The first-order valence-corrected chi connectivity index (χ1v) is 7.93. The van der Waals surface area contributed by atoms with Crippen molar-refractivity contribution in [2.45, 2.75) is 38.8 Å². The summed E-state index contributed by atoms with van der Waals surface area (Å²) in [5, 5.41) is 3.74. The zero-order valence-corrected chi connectivity index (χ0v) is 12.8. The highest BCUT2D eigenvalue weighted by atomic mass is 35.5. The Balaban J connectivity index is 1.77. The molecule has 0 saturated heterocycles. The second kappa shape index (κ2) is 5.28.